The third-order valence-corrected chi connectivity index (χ3v) is 2.06. The summed E-state index contributed by atoms with van der Waals surface area (Å²) in [5.41, 5.74) is 0.627. The number of nitrogens with one attached hydrogen (secondary N) is 1. The molecular formula is C12H17NO3. The SMILES string of the molecule is CCOC(=N)C(O)c1ccc(OCC)cc1. The Morgan fingerprint density at radius 1 is 1.25 bits per heavy atom. The van der Waals surface area contributed by atoms with Crippen molar-refractivity contribution in [2.75, 3.05) is 13.2 Å². The second-order valence-electron chi connectivity index (χ2n) is 3.20. The Morgan fingerprint density at radius 3 is 2.38 bits per heavy atom. The molecule has 1 aromatic carbocycles. The number of hydrogen-bond acceptors (Lipinski definition) is 4. The first-order valence-corrected chi connectivity index (χ1v) is 5.31. The molecule has 0 radical (unpaired) electrons. The number of ether oxygens (including phenoxy) is 2. The van der Waals surface area contributed by atoms with Gasteiger partial charge in [0.25, 0.3) is 0 Å². The first-order valence-electron chi connectivity index (χ1n) is 5.31. The molecule has 0 heterocycles. The fourth-order valence-corrected chi connectivity index (χ4v) is 1.30. The Bertz CT molecular complexity index is 335. The molecule has 1 unspecified atom stereocenters. The quantitative estimate of drug-likeness (QED) is 0.593. The van der Waals surface area contributed by atoms with E-state index in [1.54, 1.807) is 31.2 Å². The van der Waals surface area contributed by atoms with Gasteiger partial charge < -0.3 is 14.6 Å². The molecule has 0 aliphatic heterocycles. The average Bonchev–Trinajstić information content (AvgIpc) is 2.30. The van der Waals surface area contributed by atoms with Crippen LogP contribution in [0, 0.1) is 5.41 Å². The molecule has 16 heavy (non-hydrogen) atoms. The predicted octanol–water partition coefficient (Wildman–Crippen LogP) is 2.13. The Balaban J connectivity index is 2.69. The number of benzene rings is 1. The second-order valence-corrected chi connectivity index (χ2v) is 3.20. The number of aliphatic hydroxyl groups excluding tert-OH is 1. The fourth-order valence-electron chi connectivity index (χ4n) is 1.30. The van der Waals surface area contributed by atoms with Crippen LogP contribution in [0.5, 0.6) is 5.75 Å². The van der Waals surface area contributed by atoms with Crippen molar-refractivity contribution < 1.29 is 14.6 Å². The van der Waals surface area contributed by atoms with E-state index >= 15 is 0 Å². The summed E-state index contributed by atoms with van der Waals surface area (Å²) in [7, 11) is 0. The summed E-state index contributed by atoms with van der Waals surface area (Å²) in [6.45, 7) is 4.68. The third-order valence-electron chi connectivity index (χ3n) is 2.06. The van der Waals surface area contributed by atoms with Crippen LogP contribution in [0.2, 0.25) is 0 Å². The lowest BCUT2D eigenvalue weighted by Gasteiger charge is -2.13. The van der Waals surface area contributed by atoms with E-state index in [9.17, 15) is 5.11 Å². The van der Waals surface area contributed by atoms with Crippen molar-refractivity contribution in [3.8, 4) is 5.75 Å². The smallest absolute Gasteiger partial charge is 0.214 e. The number of hydrogen-bond donors (Lipinski definition) is 2. The molecule has 0 fully saturated rings. The average molecular weight is 223 g/mol. The largest absolute Gasteiger partial charge is 0.494 e. The molecule has 2 N–H and O–H groups in total. The maximum Gasteiger partial charge on any atom is 0.214 e. The standard InChI is InChI=1S/C12H17NO3/c1-3-15-10-7-5-9(6-8-10)11(14)12(13)16-4-2/h5-8,11,13-14H,3-4H2,1-2H3. The topological polar surface area (TPSA) is 62.5 Å². The van der Waals surface area contributed by atoms with Gasteiger partial charge in [0.15, 0.2) is 6.10 Å². The van der Waals surface area contributed by atoms with E-state index in [0.29, 0.717) is 18.8 Å². The lowest BCUT2D eigenvalue weighted by Crippen LogP contribution is -2.14. The summed E-state index contributed by atoms with van der Waals surface area (Å²) in [5, 5.41) is 17.2. The van der Waals surface area contributed by atoms with Crippen LogP contribution in [0.25, 0.3) is 0 Å². The molecule has 1 rings (SSSR count). The van der Waals surface area contributed by atoms with Crippen LogP contribution in [-0.4, -0.2) is 24.2 Å². The van der Waals surface area contributed by atoms with Crippen LogP contribution >= 0.6 is 0 Å². The van der Waals surface area contributed by atoms with Crippen LogP contribution in [0.15, 0.2) is 24.3 Å². The molecule has 0 bridgehead atoms. The molecular weight excluding hydrogens is 206 g/mol. The van der Waals surface area contributed by atoms with Gasteiger partial charge in [0.05, 0.1) is 13.2 Å². The summed E-state index contributed by atoms with van der Waals surface area (Å²) >= 11 is 0. The van der Waals surface area contributed by atoms with Gasteiger partial charge in [-0.1, -0.05) is 12.1 Å². The van der Waals surface area contributed by atoms with Crippen LogP contribution in [0.1, 0.15) is 25.5 Å². The third kappa shape index (κ3) is 3.24. The van der Waals surface area contributed by atoms with Gasteiger partial charge in [-0.2, -0.15) is 0 Å². The van der Waals surface area contributed by atoms with Crippen LogP contribution in [0.4, 0.5) is 0 Å². The summed E-state index contributed by atoms with van der Waals surface area (Å²) in [4.78, 5) is 0. The van der Waals surface area contributed by atoms with E-state index in [4.69, 9.17) is 14.9 Å². The highest BCUT2D eigenvalue weighted by Crippen LogP contribution is 2.18. The fraction of sp³-hybridized carbons (Fsp3) is 0.417. The lowest BCUT2D eigenvalue weighted by atomic mass is 10.1. The van der Waals surface area contributed by atoms with Crippen molar-refractivity contribution in [2.45, 2.75) is 20.0 Å². The monoisotopic (exact) mass is 223 g/mol. The Morgan fingerprint density at radius 2 is 1.88 bits per heavy atom. The normalized spacial score (nSPS) is 11.9. The molecule has 88 valence electrons. The predicted molar refractivity (Wildman–Crippen MR) is 61.9 cm³/mol. The minimum atomic E-state index is -1.00. The van der Waals surface area contributed by atoms with Gasteiger partial charge >= 0.3 is 0 Å². The van der Waals surface area contributed by atoms with E-state index in [2.05, 4.69) is 0 Å². The maximum atomic E-state index is 9.75. The van der Waals surface area contributed by atoms with Gasteiger partial charge in [-0.15, -0.1) is 0 Å². The Kier molecular flexibility index (Phi) is 4.79. The molecule has 4 nitrogen and oxygen atoms in total. The van der Waals surface area contributed by atoms with Crippen molar-refractivity contribution in [2.24, 2.45) is 0 Å². The van der Waals surface area contributed by atoms with E-state index < -0.39 is 6.10 Å². The van der Waals surface area contributed by atoms with Crippen LogP contribution < -0.4 is 4.74 Å². The zero-order chi connectivity index (χ0) is 12.0. The Hall–Kier alpha value is -1.55. The highest BCUT2D eigenvalue weighted by atomic mass is 16.5. The number of rotatable bonds is 5. The summed E-state index contributed by atoms with van der Waals surface area (Å²) < 4.78 is 10.2. The molecule has 0 saturated heterocycles. The molecule has 0 spiro atoms. The molecule has 0 aliphatic carbocycles. The number of aliphatic hydroxyl groups is 1. The highest BCUT2D eigenvalue weighted by molar-refractivity contribution is 5.79. The molecule has 0 aliphatic rings. The van der Waals surface area contributed by atoms with Gasteiger partial charge in [0.1, 0.15) is 5.75 Å². The van der Waals surface area contributed by atoms with Crippen molar-refractivity contribution >= 4 is 5.90 Å². The van der Waals surface area contributed by atoms with Crippen LogP contribution in [0.3, 0.4) is 0 Å². The zero-order valence-electron chi connectivity index (χ0n) is 9.56. The van der Waals surface area contributed by atoms with Gasteiger partial charge in [-0.25, -0.2) is 0 Å². The summed E-state index contributed by atoms with van der Waals surface area (Å²) in [5.74, 6) is 0.619. The lowest BCUT2D eigenvalue weighted by molar-refractivity contribution is 0.190. The summed E-state index contributed by atoms with van der Waals surface area (Å²) in [6, 6.07) is 6.98. The van der Waals surface area contributed by atoms with E-state index in [1.807, 2.05) is 6.92 Å². The van der Waals surface area contributed by atoms with E-state index in [1.165, 1.54) is 0 Å². The molecule has 1 aromatic rings. The molecule has 4 heteroatoms. The highest BCUT2D eigenvalue weighted by Gasteiger charge is 2.14. The minimum absolute atomic E-state index is 0.133. The van der Waals surface area contributed by atoms with Gasteiger partial charge in [-0.05, 0) is 31.5 Å². The molecule has 0 amide bonds. The second kappa shape index (κ2) is 6.12. The maximum absolute atomic E-state index is 9.75. The van der Waals surface area contributed by atoms with E-state index in [0.717, 1.165) is 5.75 Å². The molecule has 1 atom stereocenters. The minimum Gasteiger partial charge on any atom is -0.494 e. The Labute approximate surface area is 95.3 Å². The first kappa shape index (κ1) is 12.5. The zero-order valence-corrected chi connectivity index (χ0v) is 9.56. The molecule has 0 saturated carbocycles. The van der Waals surface area contributed by atoms with Crippen molar-refractivity contribution in [1.29, 1.82) is 5.41 Å². The van der Waals surface area contributed by atoms with Crippen molar-refractivity contribution in [1.82, 2.24) is 0 Å². The first-order chi connectivity index (χ1) is 7.69. The van der Waals surface area contributed by atoms with Gasteiger partial charge in [-0.3, -0.25) is 5.41 Å². The van der Waals surface area contributed by atoms with Gasteiger partial charge in [0.2, 0.25) is 5.90 Å². The summed E-state index contributed by atoms with van der Waals surface area (Å²) in [6.07, 6.45) is -1.00. The van der Waals surface area contributed by atoms with Crippen LogP contribution in [-0.2, 0) is 4.74 Å². The van der Waals surface area contributed by atoms with Gasteiger partial charge in [0, 0.05) is 0 Å². The van der Waals surface area contributed by atoms with E-state index in [-0.39, 0.29) is 5.90 Å². The van der Waals surface area contributed by atoms with Crippen molar-refractivity contribution in [3.05, 3.63) is 29.8 Å². The van der Waals surface area contributed by atoms with Crippen molar-refractivity contribution in [3.63, 3.8) is 0 Å². The molecule has 0 aromatic heterocycles.